The molecule has 2 saturated heterocycles. The summed E-state index contributed by atoms with van der Waals surface area (Å²) >= 11 is 0. The van der Waals surface area contributed by atoms with E-state index in [1.165, 1.54) is 0 Å². The van der Waals surface area contributed by atoms with Crippen molar-refractivity contribution in [1.82, 2.24) is 29.5 Å². The topological polar surface area (TPSA) is 87.5 Å². The van der Waals surface area contributed by atoms with Gasteiger partial charge in [-0.1, -0.05) is 6.92 Å². The van der Waals surface area contributed by atoms with Gasteiger partial charge in [0, 0.05) is 58.7 Å². The van der Waals surface area contributed by atoms with E-state index in [1.54, 1.807) is 4.68 Å². The highest BCUT2D eigenvalue weighted by Crippen LogP contribution is 2.26. The quantitative estimate of drug-likeness (QED) is 0.752. The molecule has 9 heteroatoms. The summed E-state index contributed by atoms with van der Waals surface area (Å²) in [6.07, 6.45) is 4.84. The van der Waals surface area contributed by atoms with Crippen LogP contribution in [0.5, 0.6) is 0 Å². The van der Waals surface area contributed by atoms with Gasteiger partial charge in [0.2, 0.25) is 11.8 Å². The fraction of sp³-hybridized carbons (Fsp3) is 0.667. The largest absolute Gasteiger partial charge is 0.352 e. The highest BCUT2D eigenvalue weighted by Gasteiger charge is 2.32. The van der Waals surface area contributed by atoms with Crippen molar-refractivity contribution in [3.63, 3.8) is 0 Å². The molecule has 2 fully saturated rings. The number of fused-ring (bicyclic) bond motifs is 1. The van der Waals surface area contributed by atoms with E-state index >= 15 is 0 Å². The van der Waals surface area contributed by atoms with Crippen LogP contribution in [-0.4, -0.2) is 80.6 Å². The maximum Gasteiger partial charge on any atom is 0.225 e. The van der Waals surface area contributed by atoms with E-state index in [9.17, 15) is 9.59 Å². The van der Waals surface area contributed by atoms with E-state index < -0.39 is 0 Å². The Hall–Kier alpha value is -2.71. The van der Waals surface area contributed by atoms with Crippen LogP contribution < -0.4 is 4.90 Å². The Bertz CT molecular complexity index is 925. The molecule has 0 aromatic carbocycles. The Morgan fingerprint density at radius 1 is 1.03 bits per heavy atom. The van der Waals surface area contributed by atoms with E-state index in [1.807, 2.05) is 36.9 Å². The van der Waals surface area contributed by atoms with E-state index in [2.05, 4.69) is 20.0 Å². The van der Waals surface area contributed by atoms with Gasteiger partial charge in [-0.05, 0) is 26.2 Å². The molecule has 9 nitrogen and oxygen atoms in total. The molecule has 0 aliphatic carbocycles. The zero-order chi connectivity index (χ0) is 21.3. The summed E-state index contributed by atoms with van der Waals surface area (Å²) in [5.41, 5.74) is 0.834. The fourth-order valence-electron chi connectivity index (χ4n) is 4.50. The molecule has 0 saturated carbocycles. The van der Waals surface area contributed by atoms with Crippen LogP contribution in [0.2, 0.25) is 0 Å². The molecule has 2 aliphatic heterocycles. The molecule has 0 bridgehead atoms. The molecule has 0 atom stereocenters. The number of aromatic nitrogens is 4. The molecule has 0 spiro atoms. The monoisotopic (exact) mass is 413 g/mol. The summed E-state index contributed by atoms with van der Waals surface area (Å²) in [6, 6.07) is 0. The third-order valence-corrected chi connectivity index (χ3v) is 6.24. The Balaban J connectivity index is 1.35. The van der Waals surface area contributed by atoms with Gasteiger partial charge in [-0.2, -0.15) is 5.10 Å². The first-order chi connectivity index (χ1) is 14.5. The maximum absolute atomic E-state index is 13.0. The van der Waals surface area contributed by atoms with E-state index in [0.717, 1.165) is 55.0 Å². The van der Waals surface area contributed by atoms with Gasteiger partial charge in [-0.3, -0.25) is 14.3 Å². The minimum Gasteiger partial charge on any atom is -0.352 e. The molecule has 0 N–H and O–H groups in total. The lowest BCUT2D eigenvalue weighted by molar-refractivity contribution is -0.141. The lowest BCUT2D eigenvalue weighted by Gasteiger charge is -2.39. The van der Waals surface area contributed by atoms with E-state index in [4.69, 9.17) is 0 Å². The standard InChI is InChI=1S/C21H31N7O2/c1-4-5-18(29)26-8-6-16(7-9-26)21(30)28-12-10-27(11-13-28)20-17-14-22-25(3)19(17)23-15(2)24-20/h14,16H,4-13H2,1-3H3. The smallest absolute Gasteiger partial charge is 0.225 e. The molecule has 2 aliphatic rings. The number of piperidine rings is 1. The molecule has 4 heterocycles. The molecular weight excluding hydrogens is 382 g/mol. The average Bonchev–Trinajstić information content (AvgIpc) is 3.13. The van der Waals surface area contributed by atoms with Crippen LogP contribution in [0.25, 0.3) is 11.0 Å². The van der Waals surface area contributed by atoms with Crippen LogP contribution in [0.4, 0.5) is 5.82 Å². The minimum atomic E-state index is 0.0357. The first kappa shape index (κ1) is 20.6. The highest BCUT2D eigenvalue weighted by atomic mass is 16.2. The SMILES string of the molecule is CCCC(=O)N1CCC(C(=O)N2CCN(c3nc(C)nc4c3cnn4C)CC2)CC1. The van der Waals surface area contributed by atoms with E-state index in [-0.39, 0.29) is 17.7 Å². The van der Waals surface area contributed by atoms with Crippen molar-refractivity contribution in [2.24, 2.45) is 13.0 Å². The number of anilines is 1. The normalized spacial score (nSPS) is 18.3. The van der Waals surface area contributed by atoms with Crippen molar-refractivity contribution < 1.29 is 9.59 Å². The summed E-state index contributed by atoms with van der Waals surface area (Å²) in [6.45, 7) is 8.21. The fourth-order valence-corrected chi connectivity index (χ4v) is 4.50. The van der Waals surface area contributed by atoms with Crippen molar-refractivity contribution in [2.45, 2.75) is 39.5 Å². The van der Waals surface area contributed by atoms with Gasteiger partial charge in [-0.25, -0.2) is 9.97 Å². The molecule has 2 amide bonds. The third kappa shape index (κ3) is 3.97. The number of rotatable bonds is 4. The van der Waals surface area contributed by atoms with Gasteiger partial charge >= 0.3 is 0 Å². The van der Waals surface area contributed by atoms with Crippen LogP contribution in [-0.2, 0) is 16.6 Å². The molecule has 0 radical (unpaired) electrons. The van der Waals surface area contributed by atoms with Gasteiger partial charge in [0.05, 0.1) is 11.6 Å². The molecule has 2 aromatic heterocycles. The number of carbonyl (C=O) groups excluding carboxylic acids is 2. The molecular formula is C21H31N7O2. The van der Waals surface area contributed by atoms with E-state index in [0.29, 0.717) is 32.6 Å². The van der Waals surface area contributed by atoms with Crippen LogP contribution >= 0.6 is 0 Å². The van der Waals surface area contributed by atoms with Crippen LogP contribution in [0.15, 0.2) is 6.20 Å². The zero-order valence-corrected chi connectivity index (χ0v) is 18.2. The Labute approximate surface area is 177 Å². The van der Waals surface area contributed by atoms with Crippen molar-refractivity contribution in [3.8, 4) is 0 Å². The highest BCUT2D eigenvalue weighted by molar-refractivity contribution is 5.87. The van der Waals surface area contributed by atoms with Crippen molar-refractivity contribution in [2.75, 3.05) is 44.2 Å². The molecule has 4 rings (SSSR count). The van der Waals surface area contributed by atoms with Gasteiger partial charge in [0.25, 0.3) is 0 Å². The van der Waals surface area contributed by atoms with Gasteiger partial charge in [0.1, 0.15) is 11.6 Å². The number of amides is 2. The lowest BCUT2D eigenvalue weighted by atomic mass is 9.94. The van der Waals surface area contributed by atoms with Crippen LogP contribution in [0, 0.1) is 12.8 Å². The van der Waals surface area contributed by atoms with Crippen molar-refractivity contribution in [1.29, 1.82) is 0 Å². The third-order valence-electron chi connectivity index (χ3n) is 6.24. The number of nitrogens with zero attached hydrogens (tertiary/aromatic N) is 7. The summed E-state index contributed by atoms with van der Waals surface area (Å²) < 4.78 is 1.77. The summed E-state index contributed by atoms with van der Waals surface area (Å²) in [7, 11) is 1.89. The predicted octanol–water partition coefficient (Wildman–Crippen LogP) is 1.36. The Morgan fingerprint density at radius 3 is 2.40 bits per heavy atom. The van der Waals surface area contributed by atoms with Crippen LogP contribution in [0.3, 0.4) is 0 Å². The van der Waals surface area contributed by atoms with Gasteiger partial charge in [0.15, 0.2) is 5.65 Å². The Morgan fingerprint density at radius 2 is 1.73 bits per heavy atom. The molecule has 30 heavy (non-hydrogen) atoms. The Kier molecular flexibility index (Phi) is 5.87. The number of piperazine rings is 1. The summed E-state index contributed by atoms with van der Waals surface area (Å²) in [5.74, 6) is 2.12. The first-order valence-electron chi connectivity index (χ1n) is 11.0. The molecule has 2 aromatic rings. The van der Waals surface area contributed by atoms with Crippen molar-refractivity contribution in [3.05, 3.63) is 12.0 Å². The zero-order valence-electron chi connectivity index (χ0n) is 18.2. The second-order valence-electron chi connectivity index (χ2n) is 8.32. The number of hydrogen-bond donors (Lipinski definition) is 0. The second-order valence-corrected chi connectivity index (χ2v) is 8.32. The number of carbonyl (C=O) groups is 2. The van der Waals surface area contributed by atoms with Gasteiger partial charge < -0.3 is 14.7 Å². The number of likely N-dealkylation sites (tertiary alicyclic amines) is 1. The average molecular weight is 414 g/mol. The van der Waals surface area contributed by atoms with Crippen LogP contribution in [0.1, 0.15) is 38.4 Å². The maximum atomic E-state index is 13.0. The predicted molar refractivity (Wildman–Crippen MR) is 114 cm³/mol. The summed E-state index contributed by atoms with van der Waals surface area (Å²) in [5, 5.41) is 5.27. The second kappa shape index (κ2) is 8.57. The summed E-state index contributed by atoms with van der Waals surface area (Å²) in [4.78, 5) is 40.4. The number of aryl methyl sites for hydroxylation is 2. The first-order valence-corrected chi connectivity index (χ1v) is 11.0. The van der Waals surface area contributed by atoms with Gasteiger partial charge in [-0.15, -0.1) is 0 Å². The van der Waals surface area contributed by atoms with Crippen molar-refractivity contribution >= 4 is 28.7 Å². The number of hydrogen-bond acceptors (Lipinski definition) is 6. The minimum absolute atomic E-state index is 0.0357. The lowest BCUT2D eigenvalue weighted by Crippen LogP contribution is -2.52. The molecule has 162 valence electrons. The molecule has 0 unspecified atom stereocenters.